The number of nitrogens with zero attached hydrogens (tertiary/aromatic N) is 1. The summed E-state index contributed by atoms with van der Waals surface area (Å²) in [7, 11) is -3.11. The summed E-state index contributed by atoms with van der Waals surface area (Å²) < 4.78 is 38.0. The van der Waals surface area contributed by atoms with Crippen LogP contribution in [0.4, 0.5) is 4.39 Å². The van der Waals surface area contributed by atoms with E-state index in [1.54, 1.807) is 17.0 Å². The standard InChI is InChI=1S/C17H22FNO3S2/c18-13-6-8-14(9-7-13)23-12-17(20)19-10-16(11-19)24(21,22)15-4-2-1-3-5-15/h6-9,15-16H,1-5,10-12H2. The summed E-state index contributed by atoms with van der Waals surface area (Å²) in [5.74, 6) is -0.106. The predicted molar refractivity (Wildman–Crippen MR) is 93.3 cm³/mol. The van der Waals surface area contributed by atoms with Gasteiger partial charge in [0.2, 0.25) is 5.91 Å². The van der Waals surface area contributed by atoms with Crippen LogP contribution in [-0.2, 0) is 14.6 Å². The number of amides is 1. The maximum Gasteiger partial charge on any atom is 0.233 e. The Bertz CT molecular complexity index is 678. The van der Waals surface area contributed by atoms with Gasteiger partial charge in [-0.15, -0.1) is 11.8 Å². The molecule has 1 saturated heterocycles. The van der Waals surface area contributed by atoms with Crippen LogP contribution in [0, 0.1) is 5.82 Å². The van der Waals surface area contributed by atoms with Crippen molar-refractivity contribution in [2.75, 3.05) is 18.8 Å². The monoisotopic (exact) mass is 371 g/mol. The molecule has 0 unspecified atom stereocenters. The summed E-state index contributed by atoms with van der Waals surface area (Å²) in [6.07, 6.45) is 4.66. The molecule has 2 fully saturated rings. The lowest BCUT2D eigenvalue weighted by Gasteiger charge is -2.40. The minimum absolute atomic E-state index is 0.0561. The highest BCUT2D eigenvalue weighted by Crippen LogP contribution is 2.30. The molecule has 1 aromatic rings. The minimum Gasteiger partial charge on any atom is -0.339 e. The van der Waals surface area contributed by atoms with Crippen LogP contribution in [0.15, 0.2) is 29.2 Å². The lowest BCUT2D eigenvalue weighted by Crippen LogP contribution is -2.59. The molecule has 0 atom stereocenters. The van der Waals surface area contributed by atoms with E-state index in [0.29, 0.717) is 13.1 Å². The van der Waals surface area contributed by atoms with Crippen LogP contribution in [0.5, 0.6) is 0 Å². The van der Waals surface area contributed by atoms with Crippen molar-refractivity contribution in [3.63, 3.8) is 0 Å². The van der Waals surface area contributed by atoms with Gasteiger partial charge in [-0.1, -0.05) is 19.3 Å². The largest absolute Gasteiger partial charge is 0.339 e. The van der Waals surface area contributed by atoms with Gasteiger partial charge < -0.3 is 4.90 Å². The molecule has 132 valence electrons. The topological polar surface area (TPSA) is 54.5 Å². The molecule has 2 aliphatic rings. The van der Waals surface area contributed by atoms with Crippen molar-refractivity contribution >= 4 is 27.5 Å². The van der Waals surface area contributed by atoms with Crippen molar-refractivity contribution in [2.24, 2.45) is 0 Å². The molecule has 1 aromatic carbocycles. The Morgan fingerprint density at radius 3 is 2.33 bits per heavy atom. The van der Waals surface area contributed by atoms with E-state index in [9.17, 15) is 17.6 Å². The number of thioether (sulfide) groups is 1. The van der Waals surface area contributed by atoms with E-state index in [1.807, 2.05) is 0 Å². The van der Waals surface area contributed by atoms with Crippen LogP contribution < -0.4 is 0 Å². The molecule has 1 amide bonds. The maximum absolute atomic E-state index is 12.8. The van der Waals surface area contributed by atoms with Gasteiger partial charge >= 0.3 is 0 Å². The Kier molecular flexibility index (Phi) is 5.49. The third-order valence-corrected chi connectivity index (χ3v) is 8.48. The van der Waals surface area contributed by atoms with Gasteiger partial charge in [0.1, 0.15) is 5.82 Å². The normalized spacial score (nSPS) is 20.0. The van der Waals surface area contributed by atoms with Gasteiger partial charge in [0.25, 0.3) is 0 Å². The minimum atomic E-state index is -3.11. The maximum atomic E-state index is 12.8. The molecule has 1 saturated carbocycles. The van der Waals surface area contributed by atoms with E-state index in [2.05, 4.69) is 0 Å². The summed E-state index contributed by atoms with van der Waals surface area (Å²) in [5, 5.41) is -0.595. The zero-order valence-electron chi connectivity index (χ0n) is 13.5. The number of hydrogen-bond acceptors (Lipinski definition) is 4. The van der Waals surface area contributed by atoms with E-state index in [0.717, 1.165) is 37.0 Å². The van der Waals surface area contributed by atoms with Gasteiger partial charge in [-0.2, -0.15) is 0 Å². The van der Waals surface area contributed by atoms with Crippen molar-refractivity contribution in [2.45, 2.75) is 47.5 Å². The Hall–Kier alpha value is -1.08. The van der Waals surface area contributed by atoms with Gasteiger partial charge in [-0.3, -0.25) is 4.79 Å². The highest BCUT2D eigenvalue weighted by molar-refractivity contribution is 8.00. The third-order valence-electron chi connectivity index (χ3n) is 4.86. The fourth-order valence-corrected chi connectivity index (χ4v) is 6.39. The fraction of sp³-hybridized carbons (Fsp3) is 0.588. The second-order valence-corrected chi connectivity index (χ2v) is 10.1. The Labute approximate surface area is 146 Å². The van der Waals surface area contributed by atoms with E-state index < -0.39 is 9.84 Å². The van der Waals surface area contributed by atoms with Gasteiger partial charge in [0.15, 0.2) is 9.84 Å². The lowest BCUT2D eigenvalue weighted by atomic mass is 10.0. The molecule has 24 heavy (non-hydrogen) atoms. The SMILES string of the molecule is O=C(CSc1ccc(F)cc1)N1CC(S(=O)(=O)C2CCCCC2)C1. The van der Waals surface area contributed by atoms with Crippen LogP contribution in [0.25, 0.3) is 0 Å². The van der Waals surface area contributed by atoms with E-state index in [4.69, 9.17) is 0 Å². The predicted octanol–water partition coefficient (Wildman–Crippen LogP) is 2.88. The van der Waals surface area contributed by atoms with E-state index >= 15 is 0 Å². The molecule has 3 rings (SSSR count). The smallest absolute Gasteiger partial charge is 0.233 e. The quantitative estimate of drug-likeness (QED) is 0.747. The third kappa shape index (κ3) is 3.94. The molecule has 0 aromatic heterocycles. The molecule has 1 aliphatic heterocycles. The summed E-state index contributed by atoms with van der Waals surface area (Å²) in [4.78, 5) is 14.6. The Morgan fingerprint density at radius 2 is 1.71 bits per heavy atom. The summed E-state index contributed by atoms with van der Waals surface area (Å²) in [6, 6.07) is 6.01. The first-order chi connectivity index (χ1) is 11.5. The van der Waals surface area contributed by atoms with Crippen molar-refractivity contribution in [3.05, 3.63) is 30.1 Å². The zero-order valence-corrected chi connectivity index (χ0v) is 15.1. The highest BCUT2D eigenvalue weighted by Gasteiger charge is 2.43. The molecular formula is C17H22FNO3S2. The van der Waals surface area contributed by atoms with Crippen LogP contribution in [0.3, 0.4) is 0 Å². The highest BCUT2D eigenvalue weighted by atomic mass is 32.2. The number of sulfone groups is 1. The lowest BCUT2D eigenvalue weighted by molar-refractivity contribution is -0.131. The summed E-state index contributed by atoms with van der Waals surface area (Å²) >= 11 is 1.34. The number of likely N-dealkylation sites (tertiary alicyclic amines) is 1. The molecule has 1 heterocycles. The van der Waals surface area contributed by atoms with Crippen molar-refractivity contribution in [3.8, 4) is 0 Å². The zero-order chi connectivity index (χ0) is 17.2. The van der Waals surface area contributed by atoms with Crippen LogP contribution >= 0.6 is 11.8 Å². The summed E-state index contributed by atoms with van der Waals surface area (Å²) in [6.45, 7) is 0.642. The Morgan fingerprint density at radius 1 is 1.08 bits per heavy atom. The fourth-order valence-electron chi connectivity index (χ4n) is 3.28. The summed E-state index contributed by atoms with van der Waals surface area (Å²) in [5.41, 5.74) is 0. The van der Waals surface area contributed by atoms with E-state index in [-0.39, 0.29) is 28.0 Å². The number of benzene rings is 1. The average Bonchev–Trinajstić information content (AvgIpc) is 2.53. The molecule has 1 aliphatic carbocycles. The number of carbonyl (C=O) groups is 1. The first-order valence-corrected chi connectivity index (χ1v) is 10.9. The molecule has 0 spiro atoms. The molecular weight excluding hydrogens is 349 g/mol. The second-order valence-electron chi connectivity index (χ2n) is 6.51. The molecule has 0 radical (unpaired) electrons. The number of halogens is 1. The number of carbonyl (C=O) groups excluding carboxylic acids is 1. The molecule has 7 heteroatoms. The molecule has 4 nitrogen and oxygen atoms in total. The van der Waals surface area contributed by atoms with Crippen LogP contribution in [0.2, 0.25) is 0 Å². The second kappa shape index (κ2) is 7.44. The Balaban J connectivity index is 1.47. The van der Waals surface area contributed by atoms with Gasteiger partial charge in [-0.25, -0.2) is 12.8 Å². The average molecular weight is 371 g/mol. The van der Waals surface area contributed by atoms with Crippen molar-refractivity contribution < 1.29 is 17.6 Å². The number of rotatable bonds is 5. The van der Waals surface area contributed by atoms with Crippen LogP contribution in [-0.4, -0.2) is 48.6 Å². The number of hydrogen-bond donors (Lipinski definition) is 0. The van der Waals surface area contributed by atoms with Crippen molar-refractivity contribution in [1.29, 1.82) is 0 Å². The van der Waals surface area contributed by atoms with Crippen LogP contribution in [0.1, 0.15) is 32.1 Å². The van der Waals surface area contributed by atoms with Gasteiger partial charge in [0.05, 0.1) is 16.3 Å². The molecule has 0 bridgehead atoms. The van der Waals surface area contributed by atoms with Gasteiger partial charge in [0, 0.05) is 18.0 Å². The first kappa shape index (κ1) is 17.7. The van der Waals surface area contributed by atoms with Crippen molar-refractivity contribution in [1.82, 2.24) is 4.90 Å². The molecule has 0 N–H and O–H groups in total. The van der Waals surface area contributed by atoms with E-state index in [1.165, 1.54) is 23.9 Å². The first-order valence-electron chi connectivity index (χ1n) is 8.35. The van der Waals surface area contributed by atoms with Gasteiger partial charge in [-0.05, 0) is 37.1 Å².